The van der Waals surface area contributed by atoms with E-state index < -0.39 is 0 Å². The van der Waals surface area contributed by atoms with Crippen LogP contribution < -0.4 is 10.2 Å². The van der Waals surface area contributed by atoms with Gasteiger partial charge in [-0.15, -0.1) is 0 Å². The van der Waals surface area contributed by atoms with Gasteiger partial charge < -0.3 is 15.0 Å². The van der Waals surface area contributed by atoms with Gasteiger partial charge in [0.1, 0.15) is 6.54 Å². The molecular weight excluding hydrogens is 351 g/mol. The zero-order valence-electron chi connectivity index (χ0n) is 13.7. The molecule has 0 aliphatic carbocycles. The summed E-state index contributed by atoms with van der Waals surface area (Å²) in [6.45, 7) is 4.60. The van der Waals surface area contributed by atoms with E-state index in [0.29, 0.717) is 23.2 Å². The number of halogens is 2. The van der Waals surface area contributed by atoms with Crippen LogP contribution in [0.1, 0.15) is 19.8 Å². The number of quaternary nitrogens is 1. The van der Waals surface area contributed by atoms with E-state index in [1.54, 1.807) is 18.2 Å². The Morgan fingerprint density at radius 3 is 2.58 bits per heavy atom. The lowest BCUT2D eigenvalue weighted by Gasteiger charge is -2.27. The number of piperidine rings is 1. The number of carbonyl (C=O) groups is 2. The molecule has 1 aromatic rings. The molecule has 1 aliphatic heterocycles. The van der Waals surface area contributed by atoms with Crippen LogP contribution in [0, 0.1) is 5.92 Å². The van der Waals surface area contributed by atoms with Crippen molar-refractivity contribution in [3.63, 3.8) is 0 Å². The minimum absolute atomic E-state index is 0.0156. The summed E-state index contributed by atoms with van der Waals surface area (Å²) in [5.41, 5.74) is 0.772. The van der Waals surface area contributed by atoms with Gasteiger partial charge in [0.05, 0.1) is 42.2 Å². The second kappa shape index (κ2) is 9.25. The van der Waals surface area contributed by atoms with E-state index >= 15 is 0 Å². The fraction of sp³-hybridized carbons (Fsp3) is 0.529. The maximum Gasteiger partial charge on any atom is 0.309 e. The second-order valence-corrected chi connectivity index (χ2v) is 6.79. The fourth-order valence-corrected chi connectivity index (χ4v) is 3.14. The molecular formula is C17H23Cl2N2O3+. The first-order valence-corrected chi connectivity index (χ1v) is 8.96. The van der Waals surface area contributed by atoms with E-state index in [9.17, 15) is 9.59 Å². The molecule has 2 rings (SSSR count). The molecule has 0 atom stereocenters. The molecule has 1 saturated heterocycles. The molecule has 0 spiro atoms. The molecule has 1 heterocycles. The number of nitrogens with one attached hydrogen (secondary N) is 2. The lowest BCUT2D eigenvalue weighted by molar-refractivity contribution is -0.897. The van der Waals surface area contributed by atoms with Crippen molar-refractivity contribution in [2.75, 3.05) is 38.1 Å². The van der Waals surface area contributed by atoms with Gasteiger partial charge in [-0.2, -0.15) is 0 Å². The predicted molar refractivity (Wildman–Crippen MR) is 94.9 cm³/mol. The van der Waals surface area contributed by atoms with Gasteiger partial charge >= 0.3 is 5.97 Å². The quantitative estimate of drug-likeness (QED) is 0.715. The molecule has 0 radical (unpaired) electrons. The van der Waals surface area contributed by atoms with Crippen LogP contribution in [0.25, 0.3) is 0 Å². The van der Waals surface area contributed by atoms with Crippen molar-refractivity contribution >= 4 is 40.6 Å². The Labute approximate surface area is 152 Å². The Morgan fingerprint density at radius 2 is 1.96 bits per heavy atom. The normalized spacial score (nSPS) is 20.5. The Balaban J connectivity index is 1.71. The lowest BCUT2D eigenvalue weighted by Crippen LogP contribution is -3.14. The number of carbonyl (C=O) groups excluding carboxylic acids is 2. The smallest absolute Gasteiger partial charge is 0.309 e. The highest BCUT2D eigenvalue weighted by atomic mass is 35.5. The molecule has 0 unspecified atom stereocenters. The molecule has 1 fully saturated rings. The Bertz CT molecular complexity index is 587. The minimum Gasteiger partial charge on any atom is -0.466 e. The van der Waals surface area contributed by atoms with Gasteiger partial charge in [0.2, 0.25) is 5.78 Å². The van der Waals surface area contributed by atoms with Crippen molar-refractivity contribution in [2.45, 2.75) is 19.8 Å². The zero-order valence-corrected chi connectivity index (χ0v) is 15.3. The third-order valence-electron chi connectivity index (χ3n) is 4.17. The molecule has 0 aromatic heterocycles. The molecule has 132 valence electrons. The van der Waals surface area contributed by atoms with Crippen molar-refractivity contribution in [2.24, 2.45) is 5.92 Å². The van der Waals surface area contributed by atoms with Crippen molar-refractivity contribution in [3.05, 3.63) is 28.2 Å². The predicted octanol–water partition coefficient (Wildman–Crippen LogP) is 1.83. The summed E-state index contributed by atoms with van der Waals surface area (Å²) in [5, 5.41) is 4.01. The first kappa shape index (κ1) is 19.0. The van der Waals surface area contributed by atoms with E-state index in [1.807, 2.05) is 6.92 Å². The van der Waals surface area contributed by atoms with Gasteiger partial charge in [-0.3, -0.25) is 9.59 Å². The average molecular weight is 374 g/mol. The highest BCUT2D eigenvalue weighted by Gasteiger charge is 2.29. The number of ketones is 1. The van der Waals surface area contributed by atoms with Crippen molar-refractivity contribution < 1.29 is 19.2 Å². The minimum atomic E-state index is -0.107. The Kier molecular flexibility index (Phi) is 7.34. The molecule has 5 nitrogen and oxygen atoms in total. The van der Waals surface area contributed by atoms with E-state index in [4.69, 9.17) is 27.9 Å². The number of benzene rings is 1. The Morgan fingerprint density at radius 1 is 1.25 bits per heavy atom. The fourth-order valence-electron chi connectivity index (χ4n) is 2.85. The third-order valence-corrected chi connectivity index (χ3v) is 4.91. The Hall–Kier alpha value is -1.30. The molecule has 7 heteroatoms. The number of rotatable bonds is 7. The summed E-state index contributed by atoms with van der Waals surface area (Å²) in [4.78, 5) is 25.0. The van der Waals surface area contributed by atoms with Crippen LogP contribution in [-0.2, 0) is 14.3 Å². The molecule has 0 amide bonds. The molecule has 0 bridgehead atoms. The van der Waals surface area contributed by atoms with Crippen LogP contribution in [0.15, 0.2) is 18.2 Å². The molecule has 0 saturated carbocycles. The average Bonchev–Trinajstić information content (AvgIpc) is 2.57. The molecule has 24 heavy (non-hydrogen) atoms. The summed E-state index contributed by atoms with van der Waals surface area (Å²) >= 11 is 11.8. The topological polar surface area (TPSA) is 59.8 Å². The maximum absolute atomic E-state index is 12.1. The van der Waals surface area contributed by atoms with Crippen molar-refractivity contribution in [3.8, 4) is 0 Å². The molecule has 2 N–H and O–H groups in total. The first-order chi connectivity index (χ1) is 11.5. The highest BCUT2D eigenvalue weighted by Crippen LogP contribution is 2.24. The number of esters is 1. The number of likely N-dealkylation sites (tertiary alicyclic amines) is 1. The van der Waals surface area contributed by atoms with Gasteiger partial charge in [0.25, 0.3) is 0 Å². The third kappa shape index (κ3) is 5.65. The summed E-state index contributed by atoms with van der Waals surface area (Å²) in [5.74, 6) is 0.00736. The monoisotopic (exact) mass is 373 g/mol. The van der Waals surface area contributed by atoms with Crippen LogP contribution in [0.3, 0.4) is 0 Å². The first-order valence-electron chi connectivity index (χ1n) is 8.20. The van der Waals surface area contributed by atoms with E-state index in [-0.39, 0.29) is 24.2 Å². The van der Waals surface area contributed by atoms with Crippen molar-refractivity contribution in [1.29, 1.82) is 0 Å². The van der Waals surface area contributed by atoms with E-state index in [0.717, 1.165) is 31.6 Å². The second-order valence-electron chi connectivity index (χ2n) is 5.97. The summed E-state index contributed by atoms with van der Waals surface area (Å²) in [7, 11) is 0. The van der Waals surface area contributed by atoms with Crippen LogP contribution in [0.4, 0.5) is 5.69 Å². The van der Waals surface area contributed by atoms with Crippen LogP contribution in [-0.4, -0.2) is 44.5 Å². The lowest BCUT2D eigenvalue weighted by atomic mass is 9.97. The number of anilines is 1. The summed E-state index contributed by atoms with van der Waals surface area (Å²) in [6.07, 6.45) is 1.56. The van der Waals surface area contributed by atoms with Gasteiger partial charge in [0, 0.05) is 18.5 Å². The van der Waals surface area contributed by atoms with Gasteiger partial charge in [-0.25, -0.2) is 0 Å². The number of ether oxygens (including phenoxy) is 1. The number of hydrogen-bond acceptors (Lipinski definition) is 4. The van der Waals surface area contributed by atoms with E-state index in [2.05, 4.69) is 5.32 Å². The number of hydrogen-bond donors (Lipinski definition) is 2. The largest absolute Gasteiger partial charge is 0.466 e. The molecule has 1 aliphatic rings. The summed E-state index contributed by atoms with van der Waals surface area (Å²) < 4.78 is 5.06. The maximum atomic E-state index is 12.1. The van der Waals surface area contributed by atoms with Gasteiger partial charge in [0.15, 0.2) is 0 Å². The zero-order chi connectivity index (χ0) is 17.5. The van der Waals surface area contributed by atoms with Gasteiger partial charge in [-0.1, -0.05) is 23.2 Å². The standard InChI is InChI=1S/C17H22Cl2N2O3/c1-2-24-17(23)12-5-7-21(8-6-12)11-14(22)10-20-13-3-4-15(18)16(19)9-13/h3-4,9,12,20H,2,5-8,10-11H2,1H3/p+1. The molecule has 1 aromatic carbocycles. The van der Waals surface area contributed by atoms with Crippen LogP contribution in [0.5, 0.6) is 0 Å². The van der Waals surface area contributed by atoms with Gasteiger partial charge in [-0.05, 0) is 25.1 Å². The SMILES string of the molecule is CCOC(=O)C1CC[NH+](CC(=O)CNc2ccc(Cl)c(Cl)c2)CC1. The number of Topliss-reactive ketones (excluding diaryl/α,β-unsaturated/α-hetero) is 1. The highest BCUT2D eigenvalue weighted by molar-refractivity contribution is 6.42. The van der Waals surface area contributed by atoms with Crippen molar-refractivity contribution in [1.82, 2.24) is 0 Å². The van der Waals surface area contributed by atoms with Crippen LogP contribution in [0.2, 0.25) is 10.0 Å². The van der Waals surface area contributed by atoms with E-state index in [1.165, 1.54) is 4.90 Å². The van der Waals surface area contributed by atoms with Crippen LogP contribution >= 0.6 is 23.2 Å². The summed E-state index contributed by atoms with van der Waals surface area (Å²) in [6, 6.07) is 5.19.